The maximum absolute atomic E-state index is 14.5. The lowest BCUT2D eigenvalue weighted by Gasteiger charge is -2.22. The fourth-order valence-corrected chi connectivity index (χ4v) is 3.81. The average molecular weight is 284 g/mol. The van der Waals surface area contributed by atoms with E-state index in [9.17, 15) is 8.78 Å². The van der Waals surface area contributed by atoms with E-state index in [4.69, 9.17) is 0 Å². The van der Waals surface area contributed by atoms with Gasteiger partial charge in [0.15, 0.2) is 0 Å². The number of hydrogen-bond donors (Lipinski definition) is 0. The average Bonchev–Trinajstić information content (AvgIpc) is 2.36. The topological polar surface area (TPSA) is 0 Å². The first kappa shape index (κ1) is 16.0. The lowest BCUT2D eigenvalue weighted by Crippen LogP contribution is -2.11. The first-order chi connectivity index (χ1) is 9.79. The van der Waals surface area contributed by atoms with Crippen molar-refractivity contribution in [3.05, 3.63) is 11.7 Å². The molecule has 0 aromatic rings. The van der Waals surface area contributed by atoms with E-state index in [1.807, 2.05) is 0 Å². The SMILES string of the molecule is FC(=C(F)C1CCCCCCC1)C1CCCCCCC1. The molecule has 0 aromatic heterocycles. The number of hydrogen-bond acceptors (Lipinski definition) is 0. The van der Waals surface area contributed by atoms with Gasteiger partial charge in [0.25, 0.3) is 0 Å². The Kier molecular flexibility index (Phi) is 7.02. The summed E-state index contributed by atoms with van der Waals surface area (Å²) >= 11 is 0. The molecule has 0 aromatic carbocycles. The van der Waals surface area contributed by atoms with E-state index in [-0.39, 0.29) is 23.5 Å². The molecule has 0 unspecified atom stereocenters. The smallest absolute Gasteiger partial charge is 0.135 e. The summed E-state index contributed by atoms with van der Waals surface area (Å²) in [4.78, 5) is 0. The Morgan fingerprint density at radius 3 is 1.00 bits per heavy atom. The Balaban J connectivity index is 1.98. The number of allylic oxidation sites excluding steroid dienone is 2. The molecule has 116 valence electrons. The molecular formula is C18H30F2. The van der Waals surface area contributed by atoms with E-state index in [1.165, 1.54) is 38.5 Å². The maximum Gasteiger partial charge on any atom is 0.135 e. The largest absolute Gasteiger partial charge is 0.209 e. The molecule has 0 amide bonds. The first-order valence-corrected chi connectivity index (χ1v) is 8.84. The lowest BCUT2D eigenvalue weighted by molar-refractivity contribution is 0.305. The zero-order valence-electron chi connectivity index (χ0n) is 12.8. The highest BCUT2D eigenvalue weighted by atomic mass is 19.2. The maximum atomic E-state index is 14.5. The van der Waals surface area contributed by atoms with Gasteiger partial charge in [-0.05, 0) is 25.7 Å². The van der Waals surface area contributed by atoms with Crippen LogP contribution in [0.3, 0.4) is 0 Å². The van der Waals surface area contributed by atoms with E-state index in [0.29, 0.717) is 0 Å². The third-order valence-corrected chi connectivity index (χ3v) is 5.16. The summed E-state index contributed by atoms with van der Waals surface area (Å²) in [7, 11) is 0. The molecule has 2 rings (SSSR count). The molecule has 0 radical (unpaired) electrons. The van der Waals surface area contributed by atoms with Crippen LogP contribution < -0.4 is 0 Å². The Morgan fingerprint density at radius 2 is 0.700 bits per heavy atom. The molecule has 0 nitrogen and oxygen atoms in total. The summed E-state index contributed by atoms with van der Waals surface area (Å²) < 4.78 is 29.0. The van der Waals surface area contributed by atoms with Crippen LogP contribution in [0.25, 0.3) is 0 Å². The molecule has 20 heavy (non-hydrogen) atoms. The fraction of sp³-hybridized carbons (Fsp3) is 0.889. The fourth-order valence-electron chi connectivity index (χ4n) is 3.81. The molecule has 0 N–H and O–H groups in total. The van der Waals surface area contributed by atoms with Gasteiger partial charge < -0.3 is 0 Å². The molecule has 2 heteroatoms. The van der Waals surface area contributed by atoms with Gasteiger partial charge in [0, 0.05) is 11.8 Å². The predicted octanol–water partition coefficient (Wildman–Crippen LogP) is 6.86. The van der Waals surface area contributed by atoms with E-state index in [1.54, 1.807) is 0 Å². The summed E-state index contributed by atoms with van der Waals surface area (Å²) in [6, 6.07) is 0. The van der Waals surface area contributed by atoms with Gasteiger partial charge in [0.05, 0.1) is 0 Å². The van der Waals surface area contributed by atoms with Gasteiger partial charge in [0.2, 0.25) is 0 Å². The number of halogens is 2. The van der Waals surface area contributed by atoms with E-state index < -0.39 is 0 Å². The molecular weight excluding hydrogens is 254 g/mol. The molecule has 0 bridgehead atoms. The van der Waals surface area contributed by atoms with Gasteiger partial charge in [-0.1, -0.05) is 64.2 Å². The molecule has 0 heterocycles. The van der Waals surface area contributed by atoms with Crippen LogP contribution in [0.5, 0.6) is 0 Å². The summed E-state index contributed by atoms with van der Waals surface area (Å²) in [5, 5.41) is 0. The Labute approximate surface area is 123 Å². The summed E-state index contributed by atoms with van der Waals surface area (Å²) in [5.74, 6) is -1.00. The number of rotatable bonds is 2. The highest BCUT2D eigenvalue weighted by Gasteiger charge is 2.25. The molecule has 2 saturated carbocycles. The third kappa shape index (κ3) is 4.86. The van der Waals surface area contributed by atoms with Crippen molar-refractivity contribution in [1.29, 1.82) is 0 Å². The highest BCUT2D eigenvalue weighted by molar-refractivity contribution is 5.08. The third-order valence-electron chi connectivity index (χ3n) is 5.16. The quantitative estimate of drug-likeness (QED) is 0.519. The Hall–Kier alpha value is -0.400. The lowest BCUT2D eigenvalue weighted by atomic mass is 9.85. The van der Waals surface area contributed by atoms with E-state index in [0.717, 1.165) is 51.4 Å². The molecule has 2 aliphatic carbocycles. The van der Waals surface area contributed by atoms with Crippen molar-refractivity contribution in [2.45, 2.75) is 89.9 Å². The van der Waals surface area contributed by atoms with Crippen LogP contribution in [-0.4, -0.2) is 0 Å². The van der Waals surface area contributed by atoms with Crippen molar-refractivity contribution < 1.29 is 8.78 Å². The van der Waals surface area contributed by atoms with Crippen LogP contribution in [0, 0.1) is 11.8 Å². The molecule has 0 saturated heterocycles. The normalized spacial score (nSPS) is 26.1. The highest BCUT2D eigenvalue weighted by Crippen LogP contribution is 2.37. The van der Waals surface area contributed by atoms with Crippen LogP contribution >= 0.6 is 0 Å². The summed E-state index contributed by atoms with van der Waals surface area (Å²) in [6.45, 7) is 0. The van der Waals surface area contributed by atoms with Gasteiger partial charge in [-0.15, -0.1) is 0 Å². The molecule has 2 aliphatic rings. The van der Waals surface area contributed by atoms with Gasteiger partial charge in [-0.2, -0.15) is 0 Å². The van der Waals surface area contributed by atoms with Crippen molar-refractivity contribution >= 4 is 0 Å². The molecule has 2 fully saturated rings. The summed E-state index contributed by atoms with van der Waals surface area (Å²) in [6.07, 6.45) is 15.0. The van der Waals surface area contributed by atoms with Crippen LogP contribution in [0.4, 0.5) is 8.78 Å². The zero-order valence-corrected chi connectivity index (χ0v) is 12.8. The van der Waals surface area contributed by atoms with E-state index >= 15 is 0 Å². The Bertz CT molecular complexity index is 263. The van der Waals surface area contributed by atoms with Gasteiger partial charge in [-0.25, -0.2) is 8.78 Å². The van der Waals surface area contributed by atoms with Crippen LogP contribution in [0.2, 0.25) is 0 Å². The second kappa shape index (κ2) is 8.79. The second-order valence-electron chi connectivity index (χ2n) is 6.78. The minimum absolute atomic E-state index is 0.124. The van der Waals surface area contributed by atoms with Gasteiger partial charge >= 0.3 is 0 Å². The predicted molar refractivity (Wildman–Crippen MR) is 80.9 cm³/mol. The Morgan fingerprint density at radius 1 is 0.450 bits per heavy atom. The van der Waals surface area contributed by atoms with Crippen molar-refractivity contribution in [3.63, 3.8) is 0 Å². The van der Waals surface area contributed by atoms with Crippen molar-refractivity contribution in [2.75, 3.05) is 0 Å². The van der Waals surface area contributed by atoms with Crippen molar-refractivity contribution in [3.8, 4) is 0 Å². The van der Waals surface area contributed by atoms with E-state index in [2.05, 4.69) is 0 Å². The first-order valence-electron chi connectivity index (χ1n) is 8.84. The molecule has 0 aliphatic heterocycles. The van der Waals surface area contributed by atoms with Crippen LogP contribution in [0.15, 0.2) is 11.7 Å². The molecule has 0 spiro atoms. The standard InChI is InChI=1S/C18H30F2/c19-17(15-11-7-3-1-4-8-12-15)18(20)16-13-9-5-2-6-10-14-16/h15-16H,1-14H2. The zero-order chi connectivity index (χ0) is 14.2. The van der Waals surface area contributed by atoms with Crippen LogP contribution in [-0.2, 0) is 0 Å². The second-order valence-corrected chi connectivity index (χ2v) is 6.78. The van der Waals surface area contributed by atoms with Gasteiger partial charge in [0.1, 0.15) is 11.7 Å². The molecule has 0 atom stereocenters. The van der Waals surface area contributed by atoms with Crippen molar-refractivity contribution in [2.24, 2.45) is 11.8 Å². The van der Waals surface area contributed by atoms with Crippen molar-refractivity contribution in [1.82, 2.24) is 0 Å². The van der Waals surface area contributed by atoms with Crippen LogP contribution in [0.1, 0.15) is 89.9 Å². The van der Waals surface area contributed by atoms with Gasteiger partial charge in [-0.3, -0.25) is 0 Å². The minimum Gasteiger partial charge on any atom is -0.209 e. The summed E-state index contributed by atoms with van der Waals surface area (Å²) in [5.41, 5.74) is 0. The minimum atomic E-state index is -0.377. The monoisotopic (exact) mass is 284 g/mol.